The van der Waals surface area contributed by atoms with Crippen molar-refractivity contribution < 1.29 is 24.4 Å². The van der Waals surface area contributed by atoms with Crippen molar-refractivity contribution in [2.24, 2.45) is 5.92 Å². The van der Waals surface area contributed by atoms with Crippen LogP contribution < -0.4 is 10.2 Å². The number of benzene rings is 1. The molecule has 1 unspecified atom stereocenters. The van der Waals surface area contributed by atoms with Crippen molar-refractivity contribution >= 4 is 23.4 Å². The predicted molar refractivity (Wildman–Crippen MR) is 108 cm³/mol. The molecule has 0 radical (unpaired) electrons. The van der Waals surface area contributed by atoms with E-state index in [1.165, 1.54) is 12.1 Å². The quantitative estimate of drug-likeness (QED) is 0.548. The van der Waals surface area contributed by atoms with Gasteiger partial charge in [0.15, 0.2) is 0 Å². The number of anilines is 1. The number of non-ortho nitro benzene ring substituents is 1. The number of carbonyl (C=O) groups is 2. The molecule has 9 nitrogen and oxygen atoms in total. The van der Waals surface area contributed by atoms with Crippen LogP contribution in [0.25, 0.3) is 0 Å². The van der Waals surface area contributed by atoms with Gasteiger partial charge < -0.3 is 20.1 Å². The topological polar surface area (TPSA) is 122 Å². The lowest BCUT2D eigenvalue weighted by atomic mass is 9.96. The maximum absolute atomic E-state index is 12.0. The molecule has 1 saturated heterocycles. The molecule has 0 aromatic heterocycles. The molecule has 1 aromatic carbocycles. The maximum atomic E-state index is 12.0. The number of nitro groups is 1. The normalized spacial score (nSPS) is 16.2. The molecular weight excluding hydrogens is 378 g/mol. The fourth-order valence-electron chi connectivity index (χ4n) is 3.28. The van der Waals surface area contributed by atoms with Crippen LogP contribution in [0, 0.1) is 16.0 Å². The number of nitrogens with one attached hydrogen (secondary N) is 1. The van der Waals surface area contributed by atoms with Gasteiger partial charge in [0.05, 0.1) is 4.92 Å². The van der Waals surface area contributed by atoms with E-state index in [1.54, 1.807) is 26.8 Å². The Morgan fingerprint density at radius 3 is 2.48 bits per heavy atom. The first kappa shape index (κ1) is 22.4. The fourth-order valence-corrected chi connectivity index (χ4v) is 3.28. The highest BCUT2D eigenvalue weighted by Gasteiger charge is 2.27. The van der Waals surface area contributed by atoms with Crippen LogP contribution in [0.5, 0.6) is 0 Å². The molecule has 0 aliphatic carbocycles. The number of alkyl carbamates (subject to hydrolysis) is 1. The molecule has 1 fully saturated rings. The Hall–Kier alpha value is -2.84. The molecule has 1 heterocycles. The molecule has 9 heteroatoms. The summed E-state index contributed by atoms with van der Waals surface area (Å²) in [6.45, 7) is 8.81. The van der Waals surface area contributed by atoms with Crippen LogP contribution in [-0.4, -0.2) is 46.8 Å². The molecule has 160 valence electrons. The minimum atomic E-state index is -1.27. The third-order valence-electron chi connectivity index (χ3n) is 4.81. The summed E-state index contributed by atoms with van der Waals surface area (Å²) in [5.41, 5.74) is 0.390. The average Bonchev–Trinajstić information content (AvgIpc) is 2.60. The van der Waals surface area contributed by atoms with E-state index < -0.39 is 28.6 Å². The van der Waals surface area contributed by atoms with Gasteiger partial charge in [-0.15, -0.1) is 0 Å². The lowest BCUT2D eigenvalue weighted by Gasteiger charge is -2.33. The molecule has 2 N–H and O–H groups in total. The van der Waals surface area contributed by atoms with Gasteiger partial charge in [0, 0.05) is 37.3 Å². The van der Waals surface area contributed by atoms with Gasteiger partial charge in [0.1, 0.15) is 11.6 Å². The minimum Gasteiger partial charge on any atom is -0.480 e. The van der Waals surface area contributed by atoms with Gasteiger partial charge >= 0.3 is 12.1 Å². The van der Waals surface area contributed by atoms with Crippen molar-refractivity contribution in [3.63, 3.8) is 0 Å². The summed E-state index contributed by atoms with van der Waals surface area (Å²) in [6.07, 6.45) is 1.06. The van der Waals surface area contributed by atoms with Crippen molar-refractivity contribution in [3.8, 4) is 0 Å². The molecule has 29 heavy (non-hydrogen) atoms. The number of carbonyl (C=O) groups excluding carboxylic acids is 1. The fraction of sp³-hybridized carbons (Fsp3) is 0.600. The Kier molecular flexibility index (Phi) is 7.05. The van der Waals surface area contributed by atoms with Crippen LogP contribution in [0.15, 0.2) is 18.2 Å². The largest absolute Gasteiger partial charge is 0.480 e. The van der Waals surface area contributed by atoms with Gasteiger partial charge in [0.25, 0.3) is 5.69 Å². The van der Waals surface area contributed by atoms with Crippen LogP contribution in [0.4, 0.5) is 16.2 Å². The summed E-state index contributed by atoms with van der Waals surface area (Å²) in [7, 11) is 0. The lowest BCUT2D eigenvalue weighted by molar-refractivity contribution is -0.384. The summed E-state index contributed by atoms with van der Waals surface area (Å²) in [5, 5.41) is 23.2. The van der Waals surface area contributed by atoms with Gasteiger partial charge in [0.2, 0.25) is 0 Å². The molecule has 1 amide bonds. The number of carboxylic acids is 1. The summed E-state index contributed by atoms with van der Waals surface area (Å²) in [5.74, 6) is -0.631. The van der Waals surface area contributed by atoms with E-state index in [-0.39, 0.29) is 12.1 Å². The van der Waals surface area contributed by atoms with Crippen molar-refractivity contribution in [1.29, 1.82) is 0 Å². The third kappa shape index (κ3) is 6.62. The Morgan fingerprint density at radius 2 is 1.97 bits per heavy atom. The molecule has 1 atom stereocenters. The van der Waals surface area contributed by atoms with Crippen LogP contribution in [0.1, 0.15) is 46.1 Å². The molecule has 2 rings (SSSR count). The lowest BCUT2D eigenvalue weighted by Crippen LogP contribution is -2.45. The number of ether oxygens (including phenoxy) is 1. The zero-order valence-electron chi connectivity index (χ0n) is 17.3. The van der Waals surface area contributed by atoms with E-state index in [0.29, 0.717) is 11.5 Å². The zero-order valence-corrected chi connectivity index (χ0v) is 17.3. The van der Waals surface area contributed by atoms with Crippen molar-refractivity contribution in [2.75, 3.05) is 18.0 Å². The summed E-state index contributed by atoms with van der Waals surface area (Å²) in [6, 6.07) is 3.21. The second-order valence-corrected chi connectivity index (χ2v) is 8.48. The first-order chi connectivity index (χ1) is 13.5. The van der Waals surface area contributed by atoms with Gasteiger partial charge in [-0.25, -0.2) is 9.59 Å². The number of amides is 1. The Bertz CT molecular complexity index is 766. The standard InChI is InChI=1S/C20H29N3O6/c1-13-7-9-22(10-8-13)17-6-5-15(23(27)28)11-14(17)12-16(18(24)25)21-19(26)29-20(2,3)4/h5-6,11,13,16H,7-10,12H2,1-4H3,(H,21,26)(H,24,25). The van der Waals surface area contributed by atoms with Gasteiger partial charge in [-0.2, -0.15) is 0 Å². The third-order valence-corrected chi connectivity index (χ3v) is 4.81. The van der Waals surface area contributed by atoms with Gasteiger partial charge in [-0.3, -0.25) is 10.1 Å². The Morgan fingerprint density at radius 1 is 1.34 bits per heavy atom. The number of hydrogen-bond acceptors (Lipinski definition) is 6. The highest BCUT2D eigenvalue weighted by Crippen LogP contribution is 2.30. The van der Waals surface area contributed by atoms with E-state index >= 15 is 0 Å². The number of nitro benzene ring substituents is 1. The molecule has 1 aliphatic heterocycles. The van der Waals surface area contributed by atoms with Gasteiger partial charge in [-0.1, -0.05) is 6.92 Å². The van der Waals surface area contributed by atoms with Crippen LogP contribution in [-0.2, 0) is 16.0 Å². The monoisotopic (exact) mass is 407 g/mol. The molecule has 1 aromatic rings. The molecule has 0 bridgehead atoms. The van der Waals surface area contributed by atoms with Crippen molar-refractivity contribution in [3.05, 3.63) is 33.9 Å². The van der Waals surface area contributed by atoms with Crippen LogP contribution in [0.2, 0.25) is 0 Å². The number of rotatable bonds is 6. The molecular formula is C20H29N3O6. The highest BCUT2D eigenvalue weighted by molar-refractivity contribution is 5.80. The number of aliphatic carboxylic acids is 1. The first-order valence-electron chi connectivity index (χ1n) is 9.71. The second kappa shape index (κ2) is 9.11. The highest BCUT2D eigenvalue weighted by atomic mass is 16.6. The summed E-state index contributed by atoms with van der Waals surface area (Å²) in [4.78, 5) is 36.6. The number of carboxylic acid groups (broad SMARTS) is 1. The summed E-state index contributed by atoms with van der Waals surface area (Å²) >= 11 is 0. The molecule has 0 saturated carbocycles. The number of piperidine rings is 1. The first-order valence-corrected chi connectivity index (χ1v) is 9.71. The second-order valence-electron chi connectivity index (χ2n) is 8.48. The zero-order chi connectivity index (χ0) is 21.8. The van der Waals surface area contributed by atoms with Crippen LogP contribution >= 0.6 is 0 Å². The number of hydrogen-bond donors (Lipinski definition) is 2. The predicted octanol–water partition coefficient (Wildman–Crippen LogP) is 3.35. The molecule has 0 spiro atoms. The Balaban J connectivity index is 2.28. The molecule has 1 aliphatic rings. The Labute approximate surface area is 170 Å². The SMILES string of the molecule is CC1CCN(c2ccc([N+](=O)[O-])cc2CC(NC(=O)OC(C)(C)C)C(=O)O)CC1. The van der Waals surface area contributed by atoms with Crippen molar-refractivity contribution in [2.45, 2.75) is 58.6 Å². The van der Waals surface area contributed by atoms with E-state index in [9.17, 15) is 24.8 Å². The number of nitrogens with zero attached hydrogens (tertiary/aromatic N) is 2. The van der Waals surface area contributed by atoms with E-state index in [4.69, 9.17) is 4.74 Å². The maximum Gasteiger partial charge on any atom is 0.408 e. The van der Waals surface area contributed by atoms with Crippen molar-refractivity contribution in [1.82, 2.24) is 5.32 Å². The van der Waals surface area contributed by atoms with Gasteiger partial charge in [-0.05, 0) is 51.2 Å². The smallest absolute Gasteiger partial charge is 0.408 e. The van der Waals surface area contributed by atoms with Crippen LogP contribution in [0.3, 0.4) is 0 Å². The summed E-state index contributed by atoms with van der Waals surface area (Å²) < 4.78 is 5.14. The minimum absolute atomic E-state index is 0.0857. The van der Waals surface area contributed by atoms with E-state index in [0.717, 1.165) is 31.6 Å². The van der Waals surface area contributed by atoms with E-state index in [1.807, 2.05) is 0 Å². The average molecular weight is 407 g/mol. The van der Waals surface area contributed by atoms with E-state index in [2.05, 4.69) is 17.1 Å².